The normalized spacial score (nSPS) is 19.8. The van der Waals surface area contributed by atoms with E-state index in [1.807, 2.05) is 6.07 Å². The number of carbonyl (C=O) groups is 1. The fourth-order valence-electron chi connectivity index (χ4n) is 1.70. The quantitative estimate of drug-likeness (QED) is 0.780. The molecule has 1 atom stereocenters. The van der Waals surface area contributed by atoms with Gasteiger partial charge in [0.2, 0.25) is 5.91 Å². The molecular weight excluding hydrogens is 272 g/mol. The Labute approximate surface area is 102 Å². The fourth-order valence-corrected chi connectivity index (χ4v) is 2.11. The van der Waals surface area contributed by atoms with Gasteiger partial charge >= 0.3 is 0 Å². The summed E-state index contributed by atoms with van der Waals surface area (Å²) in [6.07, 6.45) is 0.509. The van der Waals surface area contributed by atoms with E-state index in [4.69, 9.17) is 0 Å². The molecule has 5 heteroatoms. The van der Waals surface area contributed by atoms with Gasteiger partial charge in [0.1, 0.15) is 5.75 Å². The van der Waals surface area contributed by atoms with E-state index in [9.17, 15) is 9.90 Å². The summed E-state index contributed by atoms with van der Waals surface area (Å²) in [6.45, 7) is 1.22. The average Bonchev–Trinajstić information content (AvgIpc) is 2.66. The smallest absolute Gasteiger partial charge is 0.221 e. The molecule has 0 saturated carbocycles. The zero-order chi connectivity index (χ0) is 11.5. The lowest BCUT2D eigenvalue weighted by Crippen LogP contribution is -2.30. The van der Waals surface area contributed by atoms with Gasteiger partial charge in [-0.15, -0.1) is 0 Å². The Hall–Kier alpha value is -1.07. The summed E-state index contributed by atoms with van der Waals surface area (Å²) in [5.74, 6) is 0.351. The molecule has 1 heterocycles. The largest absolute Gasteiger partial charge is 0.508 e. The lowest BCUT2D eigenvalue weighted by atomic mass is 10.2. The van der Waals surface area contributed by atoms with Crippen molar-refractivity contribution in [3.05, 3.63) is 28.2 Å². The molecular formula is C11H13BrN2O2. The van der Waals surface area contributed by atoms with Gasteiger partial charge in [-0.1, -0.05) is 15.9 Å². The molecule has 3 N–H and O–H groups in total. The number of halogens is 1. The maximum absolute atomic E-state index is 11.0. The van der Waals surface area contributed by atoms with Gasteiger partial charge in [0, 0.05) is 35.6 Å². The lowest BCUT2D eigenvalue weighted by Gasteiger charge is -2.11. The summed E-state index contributed by atoms with van der Waals surface area (Å²) < 4.78 is 0.933. The summed E-state index contributed by atoms with van der Waals surface area (Å²) >= 11 is 3.35. The molecule has 1 aliphatic rings. The van der Waals surface area contributed by atoms with Crippen LogP contribution in [-0.4, -0.2) is 23.6 Å². The molecule has 86 valence electrons. The van der Waals surface area contributed by atoms with Crippen LogP contribution in [0.25, 0.3) is 0 Å². The molecule has 1 unspecified atom stereocenters. The van der Waals surface area contributed by atoms with Crippen LogP contribution >= 0.6 is 15.9 Å². The van der Waals surface area contributed by atoms with Crippen molar-refractivity contribution in [3.63, 3.8) is 0 Å². The molecule has 1 aliphatic heterocycles. The Morgan fingerprint density at radius 1 is 1.56 bits per heavy atom. The van der Waals surface area contributed by atoms with Crippen LogP contribution in [-0.2, 0) is 11.3 Å². The molecule has 0 spiro atoms. The third-order valence-electron chi connectivity index (χ3n) is 2.60. The number of hydrogen-bond donors (Lipinski definition) is 3. The van der Waals surface area contributed by atoms with E-state index in [-0.39, 0.29) is 17.7 Å². The zero-order valence-electron chi connectivity index (χ0n) is 8.66. The van der Waals surface area contributed by atoms with Crippen LogP contribution < -0.4 is 10.6 Å². The lowest BCUT2D eigenvalue weighted by molar-refractivity contribution is -0.119. The minimum absolute atomic E-state index is 0.0796. The number of benzene rings is 1. The van der Waals surface area contributed by atoms with Crippen LogP contribution in [0.4, 0.5) is 0 Å². The van der Waals surface area contributed by atoms with Crippen molar-refractivity contribution in [2.24, 2.45) is 0 Å². The van der Waals surface area contributed by atoms with Crippen LogP contribution in [0.2, 0.25) is 0 Å². The van der Waals surface area contributed by atoms with Crippen molar-refractivity contribution < 1.29 is 9.90 Å². The van der Waals surface area contributed by atoms with Gasteiger partial charge in [-0.3, -0.25) is 4.79 Å². The Morgan fingerprint density at radius 3 is 3.06 bits per heavy atom. The average molecular weight is 285 g/mol. The number of nitrogens with one attached hydrogen (secondary N) is 2. The van der Waals surface area contributed by atoms with Crippen molar-refractivity contribution in [1.29, 1.82) is 0 Å². The van der Waals surface area contributed by atoms with Crippen LogP contribution in [0.15, 0.2) is 22.7 Å². The number of amides is 1. The van der Waals surface area contributed by atoms with E-state index in [1.54, 1.807) is 12.1 Å². The predicted molar refractivity (Wildman–Crippen MR) is 64.1 cm³/mol. The van der Waals surface area contributed by atoms with Crippen molar-refractivity contribution >= 4 is 21.8 Å². The molecule has 1 aromatic rings. The minimum atomic E-state index is 0.0796. The number of rotatable bonds is 3. The number of carbonyl (C=O) groups excluding carboxylic acids is 1. The van der Waals surface area contributed by atoms with Crippen LogP contribution in [0.1, 0.15) is 12.0 Å². The minimum Gasteiger partial charge on any atom is -0.508 e. The maximum atomic E-state index is 11.0. The van der Waals surface area contributed by atoms with Gasteiger partial charge in [-0.25, -0.2) is 0 Å². The van der Waals surface area contributed by atoms with Gasteiger partial charge < -0.3 is 15.7 Å². The summed E-state index contributed by atoms with van der Waals surface area (Å²) in [5, 5.41) is 15.6. The van der Waals surface area contributed by atoms with Crippen molar-refractivity contribution in [2.45, 2.75) is 19.0 Å². The number of aromatic hydroxyl groups is 1. The first-order valence-electron chi connectivity index (χ1n) is 5.12. The molecule has 0 bridgehead atoms. The molecule has 0 aliphatic carbocycles. The van der Waals surface area contributed by atoms with E-state index < -0.39 is 0 Å². The first-order valence-corrected chi connectivity index (χ1v) is 5.92. The van der Waals surface area contributed by atoms with Crippen LogP contribution in [0.3, 0.4) is 0 Å². The van der Waals surface area contributed by atoms with E-state index in [0.717, 1.165) is 10.0 Å². The zero-order valence-corrected chi connectivity index (χ0v) is 10.3. The number of phenols is 1. The highest BCUT2D eigenvalue weighted by Crippen LogP contribution is 2.21. The van der Waals surface area contributed by atoms with Crippen LogP contribution in [0.5, 0.6) is 5.75 Å². The molecule has 0 aromatic heterocycles. The standard InChI is InChI=1S/C11H13BrN2O2/c12-8-1-2-10(15)7(3-8)5-13-9-4-11(16)14-6-9/h1-3,9,13,15H,4-6H2,(H,14,16). The van der Waals surface area contributed by atoms with Gasteiger partial charge in [0.25, 0.3) is 0 Å². The molecule has 1 saturated heterocycles. The molecule has 2 rings (SSSR count). The molecule has 4 nitrogen and oxygen atoms in total. The summed E-state index contributed by atoms with van der Waals surface area (Å²) in [4.78, 5) is 11.0. The second-order valence-corrected chi connectivity index (χ2v) is 4.77. The third kappa shape index (κ3) is 2.74. The summed E-state index contributed by atoms with van der Waals surface area (Å²) in [6, 6.07) is 5.47. The highest BCUT2D eigenvalue weighted by molar-refractivity contribution is 9.10. The van der Waals surface area contributed by atoms with E-state index in [1.165, 1.54) is 0 Å². The Balaban J connectivity index is 1.94. The van der Waals surface area contributed by atoms with Gasteiger partial charge in [-0.2, -0.15) is 0 Å². The topological polar surface area (TPSA) is 61.4 Å². The van der Waals surface area contributed by atoms with E-state index >= 15 is 0 Å². The maximum Gasteiger partial charge on any atom is 0.221 e. The Kier molecular flexibility index (Phi) is 3.46. The Bertz CT molecular complexity index is 409. The van der Waals surface area contributed by atoms with E-state index in [2.05, 4.69) is 26.6 Å². The number of phenolic OH excluding ortho intramolecular Hbond substituents is 1. The molecule has 1 aromatic carbocycles. The molecule has 1 fully saturated rings. The molecule has 1 amide bonds. The highest BCUT2D eigenvalue weighted by atomic mass is 79.9. The molecule has 16 heavy (non-hydrogen) atoms. The summed E-state index contributed by atoms with van der Waals surface area (Å²) in [5.41, 5.74) is 0.828. The monoisotopic (exact) mass is 284 g/mol. The summed E-state index contributed by atoms with van der Waals surface area (Å²) in [7, 11) is 0. The van der Waals surface area contributed by atoms with E-state index in [0.29, 0.717) is 19.5 Å². The third-order valence-corrected chi connectivity index (χ3v) is 3.09. The van der Waals surface area contributed by atoms with Crippen molar-refractivity contribution in [1.82, 2.24) is 10.6 Å². The van der Waals surface area contributed by atoms with Gasteiger partial charge in [-0.05, 0) is 18.2 Å². The predicted octanol–water partition coefficient (Wildman–Crippen LogP) is 1.13. The molecule has 0 radical (unpaired) electrons. The number of hydrogen-bond acceptors (Lipinski definition) is 3. The van der Waals surface area contributed by atoms with Gasteiger partial charge in [0.15, 0.2) is 0 Å². The van der Waals surface area contributed by atoms with Crippen molar-refractivity contribution in [3.8, 4) is 5.75 Å². The first-order chi connectivity index (χ1) is 7.65. The second-order valence-electron chi connectivity index (χ2n) is 3.86. The Morgan fingerprint density at radius 2 is 2.38 bits per heavy atom. The second kappa shape index (κ2) is 4.84. The first kappa shape index (κ1) is 11.4. The van der Waals surface area contributed by atoms with Crippen molar-refractivity contribution in [2.75, 3.05) is 6.54 Å². The van der Waals surface area contributed by atoms with Gasteiger partial charge in [0.05, 0.1) is 0 Å². The van der Waals surface area contributed by atoms with Crippen LogP contribution in [0, 0.1) is 0 Å². The fraction of sp³-hybridized carbons (Fsp3) is 0.364. The SMILES string of the molecule is O=C1CC(NCc2cc(Br)ccc2O)CN1. The highest BCUT2D eigenvalue weighted by Gasteiger charge is 2.20.